The second-order valence-corrected chi connectivity index (χ2v) is 8.06. The number of benzene rings is 3. The van der Waals surface area contributed by atoms with E-state index in [1.165, 1.54) is 11.8 Å². The third kappa shape index (κ3) is 3.95. The molecule has 0 amide bonds. The van der Waals surface area contributed by atoms with Gasteiger partial charge in [-0.1, -0.05) is 78.0 Å². The Labute approximate surface area is 177 Å². The number of carbonyl (C=O) groups is 3. The highest BCUT2D eigenvalue weighted by Crippen LogP contribution is 2.38. The van der Waals surface area contributed by atoms with Crippen LogP contribution in [-0.4, -0.2) is 17.3 Å². The van der Waals surface area contributed by atoms with E-state index in [0.29, 0.717) is 26.6 Å². The molecule has 0 heterocycles. The highest BCUT2D eigenvalue weighted by molar-refractivity contribution is 8.04. The molecule has 3 aromatic rings. The van der Waals surface area contributed by atoms with Crippen LogP contribution in [-0.2, 0) is 0 Å². The number of halogens is 1. The minimum Gasteiger partial charge on any atom is -0.294 e. The summed E-state index contributed by atoms with van der Waals surface area (Å²) in [4.78, 5) is 40.4. The zero-order chi connectivity index (χ0) is 20.4. The number of hydrogen-bond acceptors (Lipinski definition) is 4. The average molecular weight is 419 g/mol. The molecule has 4 rings (SSSR count). The minimum atomic E-state index is -0.283. The largest absolute Gasteiger partial charge is 0.294 e. The average Bonchev–Trinajstić information content (AvgIpc) is 2.75. The van der Waals surface area contributed by atoms with Crippen LogP contribution in [0.1, 0.15) is 37.5 Å². The van der Waals surface area contributed by atoms with Crippen molar-refractivity contribution in [1.82, 2.24) is 0 Å². The molecule has 0 atom stereocenters. The Balaban J connectivity index is 1.78. The van der Waals surface area contributed by atoms with Gasteiger partial charge in [0.1, 0.15) is 0 Å². The summed E-state index contributed by atoms with van der Waals surface area (Å²) in [5, 5.41) is 0.445. The van der Waals surface area contributed by atoms with Gasteiger partial charge in [0, 0.05) is 38.6 Å². The number of rotatable bonds is 5. The number of hydrogen-bond donors (Lipinski definition) is 0. The third-order valence-corrected chi connectivity index (χ3v) is 6.00. The van der Waals surface area contributed by atoms with Gasteiger partial charge in [-0.2, -0.15) is 0 Å². The maximum Gasteiger partial charge on any atom is 0.200 e. The van der Waals surface area contributed by atoms with Crippen molar-refractivity contribution in [2.75, 3.05) is 0 Å². The molecule has 0 unspecified atom stereocenters. The van der Waals surface area contributed by atoms with Gasteiger partial charge in [0.15, 0.2) is 11.6 Å². The van der Waals surface area contributed by atoms with Crippen LogP contribution in [0.2, 0.25) is 5.02 Å². The molecule has 0 N–H and O–H groups in total. The van der Waals surface area contributed by atoms with E-state index in [1.807, 2.05) is 30.3 Å². The molecule has 0 fully saturated rings. The molecule has 0 radical (unpaired) electrons. The van der Waals surface area contributed by atoms with Crippen LogP contribution in [0.4, 0.5) is 0 Å². The van der Waals surface area contributed by atoms with E-state index in [9.17, 15) is 14.4 Å². The predicted octanol–water partition coefficient (Wildman–Crippen LogP) is 6.04. The van der Waals surface area contributed by atoms with Gasteiger partial charge >= 0.3 is 0 Å². The van der Waals surface area contributed by atoms with Crippen molar-refractivity contribution in [3.05, 3.63) is 111 Å². The number of Topliss-reactive ketones (excluding diaryl/α,β-unsaturated/α-hetero) is 3. The maximum atomic E-state index is 13.2. The summed E-state index contributed by atoms with van der Waals surface area (Å²) in [5.74, 6) is -0.772. The van der Waals surface area contributed by atoms with Crippen LogP contribution in [0.3, 0.4) is 0 Å². The zero-order valence-electron chi connectivity index (χ0n) is 15.2. The number of fused-ring (bicyclic) bond motifs is 1. The van der Waals surface area contributed by atoms with E-state index in [4.69, 9.17) is 11.6 Å². The molecule has 1 aliphatic rings. The molecular weight excluding hydrogens is 404 g/mol. The minimum absolute atomic E-state index is 0.158. The monoisotopic (exact) mass is 418 g/mol. The lowest BCUT2D eigenvalue weighted by atomic mass is 9.86. The van der Waals surface area contributed by atoms with E-state index >= 15 is 0 Å². The van der Waals surface area contributed by atoms with Gasteiger partial charge in [-0.05, 0) is 24.3 Å². The summed E-state index contributed by atoms with van der Waals surface area (Å²) in [6.07, 6.45) is -0.158. The number of allylic oxidation sites excluding steroid dienone is 2. The van der Waals surface area contributed by atoms with Crippen LogP contribution in [0, 0.1) is 0 Å². The highest BCUT2D eigenvalue weighted by Gasteiger charge is 2.33. The first-order valence-corrected chi connectivity index (χ1v) is 10.2. The van der Waals surface area contributed by atoms with Crippen molar-refractivity contribution >= 4 is 40.7 Å². The van der Waals surface area contributed by atoms with Crippen molar-refractivity contribution in [3.8, 4) is 0 Å². The molecule has 5 heteroatoms. The zero-order valence-corrected chi connectivity index (χ0v) is 16.8. The maximum absolute atomic E-state index is 13.2. The molecule has 0 aliphatic heterocycles. The summed E-state index contributed by atoms with van der Waals surface area (Å²) in [6, 6.07) is 22.7. The lowest BCUT2D eigenvalue weighted by molar-refractivity contribution is 0.0946. The van der Waals surface area contributed by atoms with Crippen molar-refractivity contribution in [1.29, 1.82) is 0 Å². The first kappa shape index (κ1) is 19.4. The fourth-order valence-electron chi connectivity index (χ4n) is 3.20. The quantitative estimate of drug-likeness (QED) is 0.474. The van der Waals surface area contributed by atoms with E-state index in [2.05, 4.69) is 0 Å². The predicted molar refractivity (Wildman–Crippen MR) is 115 cm³/mol. The highest BCUT2D eigenvalue weighted by atomic mass is 35.5. The Morgan fingerprint density at radius 3 is 2.14 bits per heavy atom. The second-order valence-electron chi connectivity index (χ2n) is 6.54. The van der Waals surface area contributed by atoms with Gasteiger partial charge in [0.2, 0.25) is 5.78 Å². The number of thioether (sulfide) groups is 1. The van der Waals surface area contributed by atoms with Crippen molar-refractivity contribution in [2.45, 2.75) is 11.3 Å². The SMILES string of the molecule is O=C(CC1=C(Sc2ccccc2)C(=O)c2ccccc2C1=O)c1cccc(Cl)c1. The van der Waals surface area contributed by atoms with Crippen molar-refractivity contribution in [2.24, 2.45) is 0 Å². The van der Waals surface area contributed by atoms with Crippen molar-refractivity contribution < 1.29 is 14.4 Å². The van der Waals surface area contributed by atoms with Crippen LogP contribution in [0.5, 0.6) is 0 Å². The van der Waals surface area contributed by atoms with Gasteiger partial charge in [0.05, 0.1) is 4.91 Å². The molecule has 142 valence electrons. The lowest BCUT2D eigenvalue weighted by Crippen LogP contribution is -2.22. The fraction of sp³-hybridized carbons (Fsp3) is 0.0417. The summed E-state index contributed by atoms with van der Waals surface area (Å²) in [7, 11) is 0. The number of ketones is 3. The molecule has 3 aromatic carbocycles. The van der Waals surface area contributed by atoms with E-state index in [1.54, 1.807) is 48.5 Å². The Bertz CT molecular complexity index is 1170. The molecule has 29 heavy (non-hydrogen) atoms. The Kier molecular flexibility index (Phi) is 5.47. The molecule has 0 saturated heterocycles. The summed E-state index contributed by atoms with van der Waals surface area (Å²) < 4.78 is 0. The normalized spacial score (nSPS) is 13.4. The van der Waals surface area contributed by atoms with E-state index < -0.39 is 0 Å². The molecule has 1 aliphatic carbocycles. The first-order chi connectivity index (χ1) is 14.0. The van der Waals surface area contributed by atoms with Gasteiger partial charge in [-0.3, -0.25) is 14.4 Å². The van der Waals surface area contributed by atoms with E-state index in [-0.39, 0.29) is 29.3 Å². The standard InChI is InChI=1S/C24H15ClO3S/c25-16-8-6-7-15(13-16)21(26)14-20-22(27)18-11-4-5-12-19(18)23(28)24(20)29-17-9-2-1-3-10-17/h1-13H,14H2. The van der Waals surface area contributed by atoms with Gasteiger partial charge in [-0.15, -0.1) is 0 Å². The first-order valence-electron chi connectivity index (χ1n) is 8.98. The molecule has 3 nitrogen and oxygen atoms in total. The van der Waals surface area contributed by atoms with Gasteiger partial charge < -0.3 is 0 Å². The fourth-order valence-corrected chi connectivity index (χ4v) is 4.41. The summed E-state index contributed by atoms with van der Waals surface area (Å²) in [5.41, 5.74) is 1.35. The van der Waals surface area contributed by atoms with Crippen molar-refractivity contribution in [3.63, 3.8) is 0 Å². The van der Waals surface area contributed by atoms with Gasteiger partial charge in [-0.25, -0.2) is 0 Å². The van der Waals surface area contributed by atoms with Crippen LogP contribution in [0.25, 0.3) is 0 Å². The molecule has 0 bridgehead atoms. The molecule has 0 aromatic heterocycles. The third-order valence-electron chi connectivity index (χ3n) is 4.62. The number of carbonyl (C=O) groups excluding carboxylic acids is 3. The van der Waals surface area contributed by atoms with Crippen LogP contribution in [0.15, 0.2) is 94.2 Å². The topological polar surface area (TPSA) is 51.2 Å². The molecule has 0 saturated carbocycles. The van der Waals surface area contributed by atoms with E-state index in [0.717, 1.165) is 4.90 Å². The second kappa shape index (κ2) is 8.19. The Hall–Kier alpha value is -2.95. The Morgan fingerprint density at radius 1 is 0.793 bits per heavy atom. The lowest BCUT2D eigenvalue weighted by Gasteiger charge is -2.20. The smallest absolute Gasteiger partial charge is 0.200 e. The Morgan fingerprint density at radius 2 is 1.45 bits per heavy atom. The summed E-state index contributed by atoms with van der Waals surface area (Å²) >= 11 is 7.22. The molecule has 0 spiro atoms. The molecular formula is C24H15ClO3S. The summed E-state index contributed by atoms with van der Waals surface area (Å²) in [6.45, 7) is 0. The van der Waals surface area contributed by atoms with Gasteiger partial charge in [0.25, 0.3) is 0 Å². The van der Waals surface area contributed by atoms with Crippen LogP contribution < -0.4 is 0 Å². The van der Waals surface area contributed by atoms with Crippen LogP contribution >= 0.6 is 23.4 Å².